The van der Waals surface area contributed by atoms with Crippen molar-refractivity contribution in [1.29, 1.82) is 0 Å². The van der Waals surface area contributed by atoms with Gasteiger partial charge in [0.2, 0.25) is 5.91 Å². The first kappa shape index (κ1) is 33.5. The van der Waals surface area contributed by atoms with Crippen molar-refractivity contribution < 1.29 is 40.7 Å². The first-order chi connectivity index (χ1) is 22.1. The van der Waals surface area contributed by atoms with E-state index < -0.39 is 41.8 Å². The van der Waals surface area contributed by atoms with Gasteiger partial charge in [-0.05, 0) is 61.4 Å². The molecule has 1 aliphatic rings. The van der Waals surface area contributed by atoms with Crippen molar-refractivity contribution >= 4 is 34.6 Å². The Morgan fingerprint density at radius 2 is 1.72 bits per heavy atom. The van der Waals surface area contributed by atoms with E-state index in [4.69, 9.17) is 0 Å². The minimum absolute atomic E-state index is 0.174. The van der Waals surface area contributed by atoms with Gasteiger partial charge in [0, 0.05) is 12.6 Å². The lowest BCUT2D eigenvalue weighted by molar-refractivity contribution is -0.274. The summed E-state index contributed by atoms with van der Waals surface area (Å²) in [4.78, 5) is 34.4. The van der Waals surface area contributed by atoms with Crippen molar-refractivity contribution in [3.8, 4) is 22.8 Å². The highest BCUT2D eigenvalue weighted by molar-refractivity contribution is 8.15. The summed E-state index contributed by atoms with van der Waals surface area (Å²) in [5.41, 5.74) is 3.53. The number of anilines is 1. The maximum atomic E-state index is 13.7. The zero-order valence-electron chi connectivity index (χ0n) is 24.8. The van der Waals surface area contributed by atoms with E-state index in [2.05, 4.69) is 25.2 Å². The fraction of sp³-hybridized carbons (Fsp3) is 0.233. The molecule has 1 saturated heterocycles. The maximum absolute atomic E-state index is 13.7. The van der Waals surface area contributed by atoms with Gasteiger partial charge >= 0.3 is 18.6 Å². The second-order valence-corrected chi connectivity index (χ2v) is 11.3. The number of carbonyl (C=O) groups is 2. The van der Waals surface area contributed by atoms with Gasteiger partial charge in [0.05, 0.1) is 28.7 Å². The number of alkyl halides is 6. The van der Waals surface area contributed by atoms with Crippen LogP contribution in [0.15, 0.2) is 78.0 Å². The standard InChI is InChI=1S/C30H25F6N7O3S/c1-17-4-13-23(29(31,32)33)24(14-17)43-25(44)15-47-28(43)38-27(45)40-41(3)18(2)19-5-7-20(8-6-19)26-37-16-42(39-26)21-9-11-22(12-10-21)46-30(34,35)36/h4-14,16,18H,15H2,1-3H3,(H,40,45). The number of amides is 3. The van der Waals surface area contributed by atoms with Crippen LogP contribution in [-0.4, -0.2) is 56.0 Å². The van der Waals surface area contributed by atoms with Crippen LogP contribution in [0.2, 0.25) is 0 Å². The third kappa shape index (κ3) is 7.91. The number of hydrogen-bond acceptors (Lipinski definition) is 7. The fourth-order valence-corrected chi connectivity index (χ4v) is 5.42. The highest BCUT2D eigenvalue weighted by Gasteiger charge is 2.40. The van der Waals surface area contributed by atoms with Crippen molar-refractivity contribution in [3.05, 3.63) is 89.7 Å². The van der Waals surface area contributed by atoms with Gasteiger partial charge in [0.1, 0.15) is 12.1 Å². The minimum Gasteiger partial charge on any atom is -0.406 e. The number of hydrogen-bond donors (Lipinski definition) is 1. The Morgan fingerprint density at radius 3 is 2.36 bits per heavy atom. The summed E-state index contributed by atoms with van der Waals surface area (Å²) in [5.74, 6) is -0.817. The van der Waals surface area contributed by atoms with Gasteiger partial charge in [0.15, 0.2) is 11.0 Å². The Hall–Kier alpha value is -4.90. The topological polar surface area (TPSA) is 105 Å². The van der Waals surface area contributed by atoms with Gasteiger partial charge in [0.25, 0.3) is 0 Å². The molecule has 0 spiro atoms. The maximum Gasteiger partial charge on any atom is 0.573 e. The molecule has 3 amide bonds. The highest BCUT2D eigenvalue weighted by Crippen LogP contribution is 2.40. The van der Waals surface area contributed by atoms with Crippen LogP contribution >= 0.6 is 11.8 Å². The second-order valence-electron chi connectivity index (χ2n) is 10.3. The van der Waals surface area contributed by atoms with Crippen molar-refractivity contribution in [1.82, 2.24) is 25.2 Å². The number of nitrogens with one attached hydrogen (secondary N) is 1. The molecular formula is C30H25F6N7O3S. The molecule has 5 rings (SSSR count). The van der Waals surface area contributed by atoms with Gasteiger partial charge in [-0.25, -0.2) is 19.5 Å². The van der Waals surface area contributed by atoms with E-state index in [1.165, 1.54) is 40.3 Å². The molecule has 10 nitrogen and oxygen atoms in total. The average molecular weight is 678 g/mol. The molecular weight excluding hydrogens is 652 g/mol. The first-order valence-electron chi connectivity index (χ1n) is 13.7. The van der Waals surface area contributed by atoms with Crippen molar-refractivity contribution in [2.24, 2.45) is 4.99 Å². The van der Waals surface area contributed by atoms with Gasteiger partial charge < -0.3 is 4.74 Å². The quantitative estimate of drug-likeness (QED) is 0.167. The van der Waals surface area contributed by atoms with E-state index in [9.17, 15) is 35.9 Å². The van der Waals surface area contributed by atoms with Crippen LogP contribution in [0.5, 0.6) is 5.75 Å². The van der Waals surface area contributed by atoms with Crippen molar-refractivity contribution in [2.75, 3.05) is 17.7 Å². The fourth-order valence-electron chi connectivity index (χ4n) is 4.56. The number of rotatable bonds is 7. The number of aryl methyl sites for hydroxylation is 1. The number of aromatic nitrogens is 3. The van der Waals surface area contributed by atoms with Crippen LogP contribution in [0.4, 0.5) is 36.8 Å². The molecule has 246 valence electrons. The lowest BCUT2D eigenvalue weighted by Gasteiger charge is -2.25. The molecule has 2 heterocycles. The Kier molecular flexibility index (Phi) is 9.31. The highest BCUT2D eigenvalue weighted by atomic mass is 32.2. The number of hydrazine groups is 1. The van der Waals surface area contributed by atoms with Gasteiger partial charge in [-0.1, -0.05) is 42.1 Å². The van der Waals surface area contributed by atoms with E-state index >= 15 is 0 Å². The molecule has 3 aromatic carbocycles. The molecule has 17 heteroatoms. The van der Waals surface area contributed by atoms with E-state index in [-0.39, 0.29) is 16.7 Å². The number of urea groups is 1. The number of aliphatic imine (C=N–C) groups is 1. The summed E-state index contributed by atoms with van der Waals surface area (Å²) < 4.78 is 83.7. The third-order valence-electron chi connectivity index (χ3n) is 6.99. The molecule has 0 aliphatic carbocycles. The lowest BCUT2D eigenvalue weighted by atomic mass is 10.1. The number of thioether (sulfide) groups is 1. The number of benzene rings is 3. The molecule has 1 N–H and O–H groups in total. The van der Waals surface area contributed by atoms with Crippen LogP contribution in [0.1, 0.15) is 29.7 Å². The molecule has 1 unspecified atom stereocenters. The number of ether oxygens (including phenoxy) is 1. The van der Waals surface area contributed by atoms with Crippen LogP contribution in [-0.2, 0) is 11.0 Å². The van der Waals surface area contributed by atoms with Gasteiger partial charge in [-0.2, -0.15) is 18.2 Å². The molecule has 1 aromatic heterocycles. The summed E-state index contributed by atoms with van der Waals surface area (Å²) in [5, 5.41) is 5.66. The third-order valence-corrected chi connectivity index (χ3v) is 7.92. The number of carbonyl (C=O) groups excluding carboxylic acids is 2. The normalized spacial score (nSPS) is 15.4. The summed E-state index contributed by atoms with van der Waals surface area (Å²) in [7, 11) is 1.58. The second kappa shape index (κ2) is 13.1. The monoisotopic (exact) mass is 677 g/mol. The van der Waals surface area contributed by atoms with Crippen molar-refractivity contribution in [2.45, 2.75) is 32.4 Å². The molecule has 1 fully saturated rings. The van der Waals surface area contributed by atoms with Crippen LogP contribution in [0.3, 0.4) is 0 Å². The average Bonchev–Trinajstić information content (AvgIpc) is 3.62. The van der Waals surface area contributed by atoms with E-state index in [0.717, 1.165) is 40.4 Å². The molecule has 4 aromatic rings. The summed E-state index contributed by atoms with van der Waals surface area (Å²) in [6, 6.07) is 14.3. The SMILES string of the molecule is Cc1ccc(C(F)(F)F)c(N2C(=O)CSC2=NC(=O)NN(C)C(C)c2ccc(-c3ncn(-c4ccc(OC(F)(F)F)cc4)n3)cc2)c1. The Bertz CT molecular complexity index is 1810. The van der Waals surface area contributed by atoms with Crippen LogP contribution < -0.4 is 15.1 Å². The summed E-state index contributed by atoms with van der Waals surface area (Å²) >= 11 is 0.861. The van der Waals surface area contributed by atoms with E-state index in [0.29, 0.717) is 22.6 Å². The lowest BCUT2D eigenvalue weighted by Crippen LogP contribution is -2.40. The zero-order valence-corrected chi connectivity index (χ0v) is 25.6. The Morgan fingerprint density at radius 1 is 1.04 bits per heavy atom. The Labute approximate surface area is 268 Å². The number of amidine groups is 1. The summed E-state index contributed by atoms with van der Waals surface area (Å²) in [6.45, 7) is 3.39. The largest absolute Gasteiger partial charge is 0.573 e. The number of halogens is 6. The predicted octanol–water partition coefficient (Wildman–Crippen LogP) is 6.91. The minimum atomic E-state index is -4.80. The first-order valence-corrected chi connectivity index (χ1v) is 14.7. The van der Waals surface area contributed by atoms with Gasteiger partial charge in [-0.15, -0.1) is 18.3 Å². The molecule has 0 bridgehead atoms. The number of nitrogens with zero attached hydrogens (tertiary/aromatic N) is 6. The van der Waals surface area contributed by atoms with E-state index in [1.54, 1.807) is 45.2 Å². The van der Waals surface area contributed by atoms with E-state index in [1.807, 2.05) is 0 Å². The molecule has 0 saturated carbocycles. The smallest absolute Gasteiger partial charge is 0.406 e. The molecule has 47 heavy (non-hydrogen) atoms. The molecule has 1 atom stereocenters. The van der Waals surface area contributed by atoms with Crippen molar-refractivity contribution in [3.63, 3.8) is 0 Å². The Balaban J connectivity index is 1.24. The molecule has 1 aliphatic heterocycles. The predicted molar refractivity (Wildman–Crippen MR) is 162 cm³/mol. The molecule has 0 radical (unpaired) electrons. The zero-order chi connectivity index (χ0) is 34.1. The van der Waals surface area contributed by atoms with Crippen LogP contribution in [0, 0.1) is 6.92 Å². The van der Waals surface area contributed by atoms with Crippen LogP contribution in [0.25, 0.3) is 17.1 Å². The van der Waals surface area contributed by atoms with Gasteiger partial charge in [-0.3, -0.25) is 15.1 Å². The summed E-state index contributed by atoms with van der Waals surface area (Å²) in [6.07, 6.45) is -8.11.